The van der Waals surface area contributed by atoms with Crippen molar-refractivity contribution in [3.63, 3.8) is 0 Å². The number of benzene rings is 2. The van der Waals surface area contributed by atoms with Gasteiger partial charge in [0.25, 0.3) is 0 Å². The van der Waals surface area contributed by atoms with Crippen molar-refractivity contribution in [2.75, 3.05) is 11.6 Å². The molecule has 1 aliphatic heterocycles. The minimum absolute atomic E-state index is 0.0280. The van der Waals surface area contributed by atoms with Gasteiger partial charge in [0.2, 0.25) is 15.9 Å². The number of halogens is 2. The molecule has 2 atom stereocenters. The van der Waals surface area contributed by atoms with E-state index in [4.69, 9.17) is 23.2 Å². The predicted octanol–water partition coefficient (Wildman–Crippen LogP) is 2.57. The molecular formula is C19H18Cl2N2O6S2. The third-order valence-corrected chi connectivity index (χ3v) is 8.02. The summed E-state index contributed by atoms with van der Waals surface area (Å²) in [6, 6.07) is 7.43. The number of carboxylic acid groups (broad SMARTS) is 1. The van der Waals surface area contributed by atoms with E-state index in [1.807, 2.05) is 0 Å². The number of aliphatic carboxylic acids is 1. The van der Waals surface area contributed by atoms with Crippen LogP contribution in [0.25, 0.3) is 0 Å². The molecule has 0 radical (unpaired) electrons. The van der Waals surface area contributed by atoms with Crippen molar-refractivity contribution < 1.29 is 28.2 Å². The molecule has 2 aromatic rings. The van der Waals surface area contributed by atoms with Gasteiger partial charge in [0, 0.05) is 22.2 Å². The molecule has 0 aromatic heterocycles. The van der Waals surface area contributed by atoms with Crippen molar-refractivity contribution in [1.29, 1.82) is 0 Å². The Balaban J connectivity index is 1.79. The van der Waals surface area contributed by atoms with Crippen LogP contribution >= 0.6 is 35.0 Å². The molecule has 3 N–H and O–H groups in total. The largest absolute Gasteiger partial charge is 0.508 e. The average Bonchev–Trinajstić information content (AvgIpc) is 3.19. The number of aromatic hydroxyl groups is 1. The third-order valence-electron chi connectivity index (χ3n) is 4.58. The van der Waals surface area contributed by atoms with E-state index < -0.39 is 34.0 Å². The lowest BCUT2D eigenvalue weighted by Crippen LogP contribution is -2.52. The van der Waals surface area contributed by atoms with E-state index in [0.29, 0.717) is 5.56 Å². The van der Waals surface area contributed by atoms with E-state index in [1.165, 1.54) is 42.1 Å². The third kappa shape index (κ3) is 5.64. The average molecular weight is 505 g/mol. The second-order valence-electron chi connectivity index (χ2n) is 6.78. The van der Waals surface area contributed by atoms with E-state index in [2.05, 4.69) is 5.32 Å². The van der Waals surface area contributed by atoms with Gasteiger partial charge < -0.3 is 15.5 Å². The van der Waals surface area contributed by atoms with Crippen LogP contribution in [0, 0.1) is 0 Å². The number of carbonyl (C=O) groups excluding carboxylic acids is 1. The van der Waals surface area contributed by atoms with Gasteiger partial charge in [-0.25, -0.2) is 13.2 Å². The Morgan fingerprint density at radius 2 is 1.77 bits per heavy atom. The van der Waals surface area contributed by atoms with Gasteiger partial charge in [-0.2, -0.15) is 4.31 Å². The SMILES string of the molecule is O=C(O)[C@H](Cc1ccc(O)cc1)NC(=O)[C@@H]1CSCN1S(=O)(=O)c1cc(Cl)cc(Cl)c1. The van der Waals surface area contributed by atoms with Crippen LogP contribution in [0.15, 0.2) is 47.4 Å². The van der Waals surface area contributed by atoms with E-state index in [0.717, 1.165) is 4.31 Å². The number of amides is 1. The van der Waals surface area contributed by atoms with Crippen LogP contribution in [-0.2, 0) is 26.0 Å². The van der Waals surface area contributed by atoms with Crippen molar-refractivity contribution in [1.82, 2.24) is 9.62 Å². The zero-order chi connectivity index (χ0) is 22.8. The number of hydrogen-bond donors (Lipinski definition) is 3. The summed E-state index contributed by atoms with van der Waals surface area (Å²) in [5.41, 5.74) is 0.587. The fourth-order valence-corrected chi connectivity index (χ4v) is 6.90. The van der Waals surface area contributed by atoms with Gasteiger partial charge >= 0.3 is 5.97 Å². The molecule has 0 saturated carbocycles. The van der Waals surface area contributed by atoms with Gasteiger partial charge in [0.05, 0.1) is 10.8 Å². The molecule has 1 saturated heterocycles. The second kappa shape index (κ2) is 9.66. The first-order valence-corrected chi connectivity index (χ1v) is 12.3. The Morgan fingerprint density at radius 1 is 1.16 bits per heavy atom. The van der Waals surface area contributed by atoms with Crippen LogP contribution in [0.1, 0.15) is 5.56 Å². The van der Waals surface area contributed by atoms with Gasteiger partial charge in [-0.1, -0.05) is 35.3 Å². The molecule has 0 unspecified atom stereocenters. The van der Waals surface area contributed by atoms with Crippen LogP contribution in [-0.4, -0.2) is 58.5 Å². The Bertz CT molecular complexity index is 1070. The lowest BCUT2D eigenvalue weighted by molar-refractivity contribution is -0.142. The Morgan fingerprint density at radius 3 is 2.35 bits per heavy atom. The monoisotopic (exact) mass is 504 g/mol. The van der Waals surface area contributed by atoms with Crippen LogP contribution in [0.4, 0.5) is 0 Å². The number of phenolic OH excluding ortho intramolecular Hbond substituents is 1. The van der Waals surface area contributed by atoms with E-state index in [9.17, 15) is 28.2 Å². The highest BCUT2D eigenvalue weighted by Crippen LogP contribution is 2.31. The minimum atomic E-state index is -4.09. The summed E-state index contributed by atoms with van der Waals surface area (Å²) in [5, 5.41) is 21.6. The van der Waals surface area contributed by atoms with Gasteiger partial charge in [-0.3, -0.25) is 4.79 Å². The molecule has 31 heavy (non-hydrogen) atoms. The normalized spacial score (nSPS) is 17.9. The van der Waals surface area contributed by atoms with Gasteiger partial charge in [0.15, 0.2) is 0 Å². The van der Waals surface area contributed by atoms with Crippen molar-refractivity contribution in [3.8, 4) is 5.75 Å². The van der Waals surface area contributed by atoms with Crippen LogP contribution in [0.2, 0.25) is 10.0 Å². The number of nitrogens with zero attached hydrogens (tertiary/aromatic N) is 1. The first-order chi connectivity index (χ1) is 14.6. The fraction of sp³-hybridized carbons (Fsp3) is 0.263. The number of sulfonamides is 1. The molecule has 0 bridgehead atoms. The maximum Gasteiger partial charge on any atom is 0.326 e. The number of carbonyl (C=O) groups is 2. The summed E-state index contributed by atoms with van der Waals surface area (Å²) < 4.78 is 27.2. The standard InChI is InChI=1S/C19H18Cl2N2O6S2/c20-12-6-13(21)8-15(7-12)31(28,29)23-10-30-9-17(23)18(25)22-16(19(26)27)5-11-1-3-14(24)4-2-11/h1-4,6-8,16-17,24H,5,9-10H2,(H,22,25)(H,26,27)/t16-,17-/m0/s1. The van der Waals surface area contributed by atoms with Gasteiger partial charge in [-0.05, 0) is 35.9 Å². The number of thioether (sulfide) groups is 1. The fourth-order valence-electron chi connectivity index (χ4n) is 3.02. The van der Waals surface area contributed by atoms with Crippen LogP contribution in [0.3, 0.4) is 0 Å². The van der Waals surface area contributed by atoms with E-state index in [1.54, 1.807) is 12.1 Å². The highest BCUT2D eigenvalue weighted by atomic mass is 35.5. The van der Waals surface area contributed by atoms with Crippen molar-refractivity contribution >= 4 is 56.9 Å². The van der Waals surface area contributed by atoms with Gasteiger partial charge in [-0.15, -0.1) is 11.8 Å². The smallest absolute Gasteiger partial charge is 0.326 e. The van der Waals surface area contributed by atoms with Crippen molar-refractivity contribution in [2.45, 2.75) is 23.4 Å². The molecular weight excluding hydrogens is 487 g/mol. The zero-order valence-electron chi connectivity index (χ0n) is 15.9. The maximum absolute atomic E-state index is 13.1. The molecule has 8 nitrogen and oxygen atoms in total. The summed E-state index contributed by atoms with van der Waals surface area (Å²) >= 11 is 13.1. The summed E-state index contributed by atoms with van der Waals surface area (Å²) in [7, 11) is -4.09. The molecule has 1 fully saturated rings. The molecule has 12 heteroatoms. The van der Waals surface area contributed by atoms with Crippen LogP contribution < -0.4 is 5.32 Å². The quantitative estimate of drug-likeness (QED) is 0.529. The maximum atomic E-state index is 13.1. The highest BCUT2D eigenvalue weighted by molar-refractivity contribution is 8.00. The Labute approximate surface area is 193 Å². The van der Waals surface area contributed by atoms with Crippen LogP contribution in [0.5, 0.6) is 5.75 Å². The summed E-state index contributed by atoms with van der Waals surface area (Å²) in [5.74, 6) is -1.74. The lowest BCUT2D eigenvalue weighted by atomic mass is 10.1. The molecule has 166 valence electrons. The first-order valence-electron chi connectivity index (χ1n) is 8.94. The highest BCUT2D eigenvalue weighted by Gasteiger charge is 2.41. The summed E-state index contributed by atoms with van der Waals surface area (Å²) in [6.07, 6.45) is -0.0299. The first kappa shape index (κ1) is 23.7. The number of carboxylic acids is 1. The molecule has 2 aromatic carbocycles. The number of nitrogens with one attached hydrogen (secondary N) is 1. The lowest BCUT2D eigenvalue weighted by Gasteiger charge is -2.24. The van der Waals surface area contributed by atoms with E-state index >= 15 is 0 Å². The van der Waals surface area contributed by atoms with Gasteiger partial charge in [0.1, 0.15) is 17.8 Å². The van der Waals surface area contributed by atoms with Crippen molar-refractivity contribution in [3.05, 3.63) is 58.1 Å². The molecule has 3 rings (SSSR count). The summed E-state index contributed by atoms with van der Waals surface area (Å²) in [6.45, 7) is 0. The molecule has 0 spiro atoms. The second-order valence-corrected chi connectivity index (χ2v) is 10.5. The minimum Gasteiger partial charge on any atom is -0.508 e. The number of rotatable bonds is 7. The Kier molecular flexibility index (Phi) is 7.38. The summed E-state index contributed by atoms with van der Waals surface area (Å²) in [4.78, 5) is 24.4. The zero-order valence-corrected chi connectivity index (χ0v) is 19.0. The molecule has 1 aliphatic rings. The molecule has 0 aliphatic carbocycles. The topological polar surface area (TPSA) is 124 Å². The molecule has 1 amide bonds. The number of hydrogen-bond acceptors (Lipinski definition) is 6. The number of phenols is 1. The van der Waals surface area contributed by atoms with Crippen molar-refractivity contribution in [2.24, 2.45) is 0 Å². The Hall–Kier alpha value is -1.98. The predicted molar refractivity (Wildman–Crippen MR) is 118 cm³/mol. The molecule has 1 heterocycles. The van der Waals surface area contributed by atoms with E-state index in [-0.39, 0.29) is 38.7 Å².